The molecule has 0 saturated carbocycles. The smallest absolute Gasteiger partial charge is 0.248 e. The van der Waals surface area contributed by atoms with E-state index in [0.717, 1.165) is 21.7 Å². The summed E-state index contributed by atoms with van der Waals surface area (Å²) >= 11 is 6.20. The van der Waals surface area contributed by atoms with Crippen molar-refractivity contribution in [2.45, 2.75) is 26.4 Å². The molecule has 0 spiro atoms. The fourth-order valence-electron chi connectivity index (χ4n) is 2.25. The molecule has 2 aromatic rings. The highest BCUT2D eigenvalue weighted by Gasteiger charge is 2.10. The molecule has 4 heteroatoms. The van der Waals surface area contributed by atoms with Crippen LogP contribution in [0.4, 0.5) is 0 Å². The molecule has 0 aliphatic heterocycles. The molecule has 2 rings (SSSR count). The van der Waals surface area contributed by atoms with Crippen LogP contribution in [0, 0.1) is 6.92 Å². The molecule has 3 nitrogen and oxygen atoms in total. The van der Waals surface area contributed by atoms with Crippen LogP contribution in [-0.2, 0) is 6.54 Å². The van der Waals surface area contributed by atoms with Crippen molar-refractivity contribution < 1.29 is 4.79 Å². The lowest BCUT2D eigenvalue weighted by atomic mass is 10.0. The summed E-state index contributed by atoms with van der Waals surface area (Å²) < 4.78 is 0. The summed E-state index contributed by atoms with van der Waals surface area (Å²) in [6.45, 7) is 4.76. The van der Waals surface area contributed by atoms with Gasteiger partial charge in [-0.3, -0.25) is 4.79 Å². The van der Waals surface area contributed by atoms with Gasteiger partial charge in [-0.2, -0.15) is 0 Å². The Morgan fingerprint density at radius 3 is 2.62 bits per heavy atom. The lowest BCUT2D eigenvalue weighted by Gasteiger charge is -2.17. The Hall–Kier alpha value is -1.84. The zero-order valence-corrected chi connectivity index (χ0v) is 12.9. The number of primary amides is 1. The van der Waals surface area contributed by atoms with Crippen LogP contribution >= 0.6 is 11.6 Å². The fourth-order valence-corrected chi connectivity index (χ4v) is 2.55. The second-order valence-corrected chi connectivity index (χ2v) is 5.54. The van der Waals surface area contributed by atoms with Gasteiger partial charge >= 0.3 is 0 Å². The van der Waals surface area contributed by atoms with Crippen molar-refractivity contribution in [3.63, 3.8) is 0 Å². The zero-order valence-electron chi connectivity index (χ0n) is 12.2. The third-order valence-corrected chi connectivity index (χ3v) is 3.94. The molecule has 0 saturated heterocycles. The first-order valence-corrected chi connectivity index (χ1v) is 7.24. The predicted molar refractivity (Wildman–Crippen MR) is 86.4 cm³/mol. The molecule has 1 atom stereocenters. The Morgan fingerprint density at radius 2 is 2.00 bits per heavy atom. The second-order valence-electron chi connectivity index (χ2n) is 5.13. The number of carbonyl (C=O) groups is 1. The van der Waals surface area contributed by atoms with Crippen LogP contribution < -0.4 is 11.1 Å². The first-order valence-electron chi connectivity index (χ1n) is 6.86. The van der Waals surface area contributed by atoms with E-state index in [0.29, 0.717) is 12.1 Å². The Bertz CT molecular complexity index is 655. The van der Waals surface area contributed by atoms with Gasteiger partial charge in [0.05, 0.1) is 0 Å². The van der Waals surface area contributed by atoms with E-state index in [2.05, 4.69) is 12.2 Å². The lowest BCUT2D eigenvalue weighted by molar-refractivity contribution is 0.1000. The number of nitrogens with one attached hydrogen (secondary N) is 1. The van der Waals surface area contributed by atoms with E-state index in [-0.39, 0.29) is 6.04 Å². The van der Waals surface area contributed by atoms with Gasteiger partial charge in [0.25, 0.3) is 0 Å². The molecule has 0 fully saturated rings. The molecule has 0 heterocycles. The van der Waals surface area contributed by atoms with E-state index < -0.39 is 5.91 Å². The molecule has 1 amide bonds. The first-order chi connectivity index (χ1) is 9.99. The zero-order chi connectivity index (χ0) is 15.4. The highest BCUT2D eigenvalue weighted by atomic mass is 35.5. The van der Waals surface area contributed by atoms with Crippen molar-refractivity contribution in [3.05, 3.63) is 69.7 Å². The number of hydrogen-bond acceptors (Lipinski definition) is 2. The summed E-state index contributed by atoms with van der Waals surface area (Å²) in [4.78, 5) is 11.1. The predicted octanol–water partition coefficient (Wildman–Crippen LogP) is 3.60. The minimum atomic E-state index is -0.401. The van der Waals surface area contributed by atoms with Crippen molar-refractivity contribution in [1.29, 1.82) is 0 Å². The maximum absolute atomic E-state index is 11.1. The molecule has 110 valence electrons. The van der Waals surface area contributed by atoms with E-state index in [1.54, 1.807) is 6.07 Å². The number of aryl methyl sites for hydroxylation is 1. The molecule has 0 radical (unpaired) electrons. The summed E-state index contributed by atoms with van der Waals surface area (Å²) in [6, 6.07) is 13.5. The largest absolute Gasteiger partial charge is 0.366 e. The van der Waals surface area contributed by atoms with Gasteiger partial charge < -0.3 is 11.1 Å². The Balaban J connectivity index is 2.06. The monoisotopic (exact) mass is 302 g/mol. The van der Waals surface area contributed by atoms with Crippen LogP contribution in [-0.4, -0.2) is 5.91 Å². The molecule has 2 aromatic carbocycles. The number of hydrogen-bond donors (Lipinski definition) is 2. The molecule has 1 unspecified atom stereocenters. The van der Waals surface area contributed by atoms with Gasteiger partial charge in [-0.15, -0.1) is 0 Å². The highest BCUT2D eigenvalue weighted by molar-refractivity contribution is 6.31. The number of nitrogens with two attached hydrogens (primary N) is 1. The molecular weight excluding hydrogens is 284 g/mol. The minimum Gasteiger partial charge on any atom is -0.366 e. The van der Waals surface area contributed by atoms with Gasteiger partial charge in [0, 0.05) is 23.2 Å². The Labute approximate surface area is 130 Å². The van der Waals surface area contributed by atoms with Crippen LogP contribution in [0.3, 0.4) is 0 Å². The van der Waals surface area contributed by atoms with E-state index in [9.17, 15) is 4.79 Å². The van der Waals surface area contributed by atoms with Crippen molar-refractivity contribution in [2.24, 2.45) is 5.73 Å². The standard InChI is InChI=1S/C17H19ClN2O/c1-11-9-13(17(19)21)7-8-14(11)10-20-12(2)15-5-3-4-6-16(15)18/h3-9,12,20H,10H2,1-2H3,(H2,19,21). The maximum Gasteiger partial charge on any atom is 0.248 e. The fraction of sp³-hybridized carbons (Fsp3) is 0.235. The minimum absolute atomic E-state index is 0.147. The molecule has 0 aliphatic carbocycles. The van der Waals surface area contributed by atoms with Crippen LogP contribution in [0.5, 0.6) is 0 Å². The Morgan fingerprint density at radius 1 is 1.29 bits per heavy atom. The van der Waals surface area contributed by atoms with Gasteiger partial charge in [-0.05, 0) is 48.7 Å². The van der Waals surface area contributed by atoms with Gasteiger partial charge in [0.1, 0.15) is 0 Å². The van der Waals surface area contributed by atoms with Gasteiger partial charge in [-0.25, -0.2) is 0 Å². The van der Waals surface area contributed by atoms with Crippen LogP contribution in [0.15, 0.2) is 42.5 Å². The van der Waals surface area contributed by atoms with E-state index >= 15 is 0 Å². The highest BCUT2D eigenvalue weighted by Crippen LogP contribution is 2.22. The average molecular weight is 303 g/mol. The summed E-state index contributed by atoms with van der Waals surface area (Å²) in [5, 5.41) is 4.21. The van der Waals surface area contributed by atoms with Gasteiger partial charge in [0.2, 0.25) is 5.91 Å². The Kier molecular flexibility index (Phi) is 4.99. The van der Waals surface area contributed by atoms with Gasteiger partial charge in [-0.1, -0.05) is 35.9 Å². The van der Waals surface area contributed by atoms with Crippen molar-refractivity contribution in [3.8, 4) is 0 Å². The number of amides is 1. The number of carbonyl (C=O) groups excluding carboxylic acids is 1. The van der Waals surface area contributed by atoms with Crippen molar-refractivity contribution in [2.75, 3.05) is 0 Å². The number of halogens is 1. The maximum atomic E-state index is 11.1. The number of rotatable bonds is 5. The van der Waals surface area contributed by atoms with Crippen LogP contribution in [0.25, 0.3) is 0 Å². The molecular formula is C17H19ClN2O. The van der Waals surface area contributed by atoms with Crippen LogP contribution in [0.2, 0.25) is 5.02 Å². The second kappa shape index (κ2) is 6.74. The van der Waals surface area contributed by atoms with E-state index in [4.69, 9.17) is 17.3 Å². The quantitative estimate of drug-likeness (QED) is 0.886. The molecule has 0 aliphatic rings. The molecule has 21 heavy (non-hydrogen) atoms. The summed E-state index contributed by atoms with van der Waals surface area (Å²) in [7, 11) is 0. The third-order valence-electron chi connectivity index (χ3n) is 3.60. The van der Waals surface area contributed by atoms with Crippen molar-refractivity contribution >= 4 is 17.5 Å². The van der Waals surface area contributed by atoms with E-state index in [1.807, 2.05) is 43.3 Å². The number of benzene rings is 2. The summed E-state index contributed by atoms with van der Waals surface area (Å²) in [5.74, 6) is -0.401. The summed E-state index contributed by atoms with van der Waals surface area (Å²) in [6.07, 6.45) is 0. The molecule has 0 aromatic heterocycles. The topological polar surface area (TPSA) is 55.1 Å². The normalized spacial score (nSPS) is 12.1. The first kappa shape index (κ1) is 15.5. The van der Waals surface area contributed by atoms with Crippen LogP contribution in [0.1, 0.15) is 40.0 Å². The summed E-state index contributed by atoms with van der Waals surface area (Å²) in [5.41, 5.74) is 9.07. The SMILES string of the molecule is Cc1cc(C(N)=O)ccc1CNC(C)c1ccccc1Cl. The van der Waals surface area contributed by atoms with Gasteiger partial charge in [0.15, 0.2) is 0 Å². The van der Waals surface area contributed by atoms with Crippen molar-refractivity contribution in [1.82, 2.24) is 5.32 Å². The molecule has 0 bridgehead atoms. The van der Waals surface area contributed by atoms with E-state index in [1.165, 1.54) is 0 Å². The lowest BCUT2D eigenvalue weighted by Crippen LogP contribution is -2.19. The molecule has 3 N–H and O–H groups in total. The average Bonchev–Trinajstić information content (AvgIpc) is 2.46. The third kappa shape index (κ3) is 3.84.